The number of carbonyl (C=O) groups excluding carboxylic acids is 1. The molecule has 0 aliphatic carbocycles. The molecule has 0 fully saturated rings. The van der Waals surface area contributed by atoms with Crippen LogP contribution in [0, 0.1) is 0 Å². The minimum Gasteiger partial charge on any atom is -0.462 e. The fourth-order valence-corrected chi connectivity index (χ4v) is 1.09. The molecule has 5 heteroatoms. The Morgan fingerprint density at radius 2 is 2.82 bits per heavy atom. The number of aromatic nitrogens is 1. The van der Waals surface area contributed by atoms with Gasteiger partial charge in [0.1, 0.15) is 5.82 Å². The molecule has 0 aliphatic heterocycles. The van der Waals surface area contributed by atoms with Crippen molar-refractivity contribution in [3.63, 3.8) is 0 Å². The molecule has 0 saturated carbocycles. The summed E-state index contributed by atoms with van der Waals surface area (Å²) >= 11 is 0.918. The molecule has 1 rings (SSSR count). The van der Waals surface area contributed by atoms with Crippen molar-refractivity contribution in [1.29, 1.82) is 0 Å². The van der Waals surface area contributed by atoms with Gasteiger partial charge >= 0.3 is 5.97 Å². The van der Waals surface area contributed by atoms with Crippen LogP contribution in [0.15, 0.2) is 5.49 Å². The van der Waals surface area contributed by atoms with Crippen LogP contribution >= 0.6 is 11.3 Å². The molecule has 1 heterocycles. The van der Waals surface area contributed by atoms with E-state index >= 15 is 0 Å². The van der Waals surface area contributed by atoms with Crippen LogP contribution in [-0.4, -0.2) is 17.6 Å². The Morgan fingerprint density at radius 1 is 2.09 bits per heavy atom. The van der Waals surface area contributed by atoms with Crippen LogP contribution in [0.1, 0.15) is 18.0 Å². The van der Waals surface area contributed by atoms with E-state index in [1.807, 2.05) is 0 Å². The Labute approximate surface area is 69.4 Å². The van der Waals surface area contributed by atoms with Gasteiger partial charge in [0, 0.05) is 0 Å². The number of rotatable bonds is 2. The topological polar surface area (TPSA) is 65.2 Å². The van der Waals surface area contributed by atoms with Gasteiger partial charge in [-0.1, -0.05) is 0 Å². The van der Waals surface area contributed by atoms with Crippen LogP contribution in [0.2, 0.25) is 0 Å². The number of nitrogen functional groups attached to an aromatic ring is 1. The summed E-state index contributed by atoms with van der Waals surface area (Å²) in [7, 11) is 0. The Bertz CT molecular complexity index is 300. The average molecular weight is 173 g/mol. The normalized spacial score (nSPS) is 10.8. The molecule has 0 atom stereocenters. The van der Waals surface area contributed by atoms with Crippen molar-refractivity contribution in [2.45, 2.75) is 6.92 Å². The number of nitrogens with zero attached hydrogens (tertiary/aromatic N) is 1. The lowest BCUT2D eigenvalue weighted by Crippen LogP contribution is -2.05. The molecule has 1 aromatic rings. The molecule has 11 heavy (non-hydrogen) atoms. The van der Waals surface area contributed by atoms with Gasteiger partial charge in [0.2, 0.25) is 0 Å². The zero-order valence-electron chi connectivity index (χ0n) is 6.96. The highest BCUT2D eigenvalue weighted by Gasteiger charge is 2.12. The first-order valence-electron chi connectivity index (χ1n) is 3.55. The Balaban J connectivity index is 2.87. The Hall–Kier alpha value is -1.10. The van der Waals surface area contributed by atoms with E-state index < -0.39 is 5.97 Å². The van der Waals surface area contributed by atoms with Crippen molar-refractivity contribution >= 4 is 23.1 Å². The second-order valence-corrected chi connectivity index (χ2v) is 2.53. The fourth-order valence-electron chi connectivity index (χ4n) is 0.564. The predicted molar refractivity (Wildman–Crippen MR) is 42.5 cm³/mol. The van der Waals surface area contributed by atoms with Gasteiger partial charge in [0.25, 0.3) is 0 Å². The molecular formula is C6H8N2O2S. The standard InChI is InChI=1S/C6H8N2O2S/c1-2-10-6(9)4-5(7)8-3-11-4/h3H,2,7H2,1H3/i3D. The number of carbonyl (C=O) groups is 1. The van der Waals surface area contributed by atoms with E-state index in [1.165, 1.54) is 0 Å². The Morgan fingerprint density at radius 3 is 3.27 bits per heavy atom. The van der Waals surface area contributed by atoms with Crippen molar-refractivity contribution < 1.29 is 10.9 Å². The molecule has 0 radical (unpaired) electrons. The maximum atomic E-state index is 11.1. The lowest BCUT2D eigenvalue weighted by atomic mass is 10.5. The summed E-state index contributed by atoms with van der Waals surface area (Å²) in [4.78, 5) is 14.9. The highest BCUT2D eigenvalue weighted by Crippen LogP contribution is 2.15. The summed E-state index contributed by atoms with van der Waals surface area (Å²) < 4.78 is 11.8. The van der Waals surface area contributed by atoms with Crippen LogP contribution in [-0.2, 0) is 4.74 Å². The van der Waals surface area contributed by atoms with E-state index in [1.54, 1.807) is 6.92 Å². The number of esters is 1. The molecular weight excluding hydrogens is 164 g/mol. The SMILES string of the molecule is [2H]c1nc(N)c(C(=O)OCC)s1. The van der Waals surface area contributed by atoms with E-state index in [0.29, 0.717) is 6.61 Å². The molecule has 60 valence electrons. The van der Waals surface area contributed by atoms with Crippen molar-refractivity contribution in [2.24, 2.45) is 0 Å². The molecule has 0 unspecified atom stereocenters. The third-order valence-electron chi connectivity index (χ3n) is 1.01. The molecule has 1 aromatic heterocycles. The van der Waals surface area contributed by atoms with Crippen molar-refractivity contribution in [1.82, 2.24) is 4.98 Å². The first-order chi connectivity index (χ1) is 5.65. The first kappa shape index (κ1) is 6.60. The van der Waals surface area contributed by atoms with E-state index in [9.17, 15) is 4.79 Å². The molecule has 0 spiro atoms. The van der Waals surface area contributed by atoms with Gasteiger partial charge < -0.3 is 10.5 Å². The van der Waals surface area contributed by atoms with E-state index in [4.69, 9.17) is 11.8 Å². The smallest absolute Gasteiger partial charge is 0.352 e. The minimum atomic E-state index is -0.508. The number of hydrogen-bond acceptors (Lipinski definition) is 5. The van der Waals surface area contributed by atoms with E-state index in [-0.39, 0.29) is 16.2 Å². The second-order valence-electron chi connectivity index (χ2n) is 1.74. The maximum Gasteiger partial charge on any atom is 0.352 e. The Kier molecular flexibility index (Phi) is 2.00. The van der Waals surface area contributed by atoms with E-state index in [2.05, 4.69) is 4.98 Å². The minimum absolute atomic E-state index is 0.0237. The maximum absolute atomic E-state index is 11.1. The number of hydrogen-bond donors (Lipinski definition) is 1. The van der Waals surface area contributed by atoms with Crippen LogP contribution in [0.4, 0.5) is 5.82 Å². The summed E-state index contributed by atoms with van der Waals surface area (Å²) in [6.07, 6.45) is 0. The molecule has 2 N–H and O–H groups in total. The summed E-state index contributed by atoms with van der Waals surface area (Å²) in [5.41, 5.74) is 5.37. The average Bonchev–Trinajstić information content (AvgIpc) is 2.30. The van der Waals surface area contributed by atoms with Crippen molar-refractivity contribution in [2.75, 3.05) is 12.3 Å². The van der Waals surface area contributed by atoms with Crippen molar-refractivity contribution in [3.8, 4) is 0 Å². The molecule has 0 saturated heterocycles. The third kappa shape index (κ3) is 1.68. The zero-order chi connectivity index (χ0) is 9.14. The van der Waals surface area contributed by atoms with Gasteiger partial charge in [0.15, 0.2) is 4.88 Å². The monoisotopic (exact) mass is 173 g/mol. The summed E-state index contributed by atoms with van der Waals surface area (Å²) in [5, 5.41) is 0. The predicted octanol–water partition coefficient (Wildman–Crippen LogP) is 0.902. The van der Waals surface area contributed by atoms with Gasteiger partial charge in [-0.05, 0) is 6.92 Å². The highest BCUT2D eigenvalue weighted by atomic mass is 32.1. The largest absolute Gasteiger partial charge is 0.462 e. The highest BCUT2D eigenvalue weighted by molar-refractivity contribution is 7.12. The zero-order valence-corrected chi connectivity index (χ0v) is 6.77. The summed E-state index contributed by atoms with van der Waals surface area (Å²) in [5.74, 6) is -0.436. The van der Waals surface area contributed by atoms with Gasteiger partial charge in [-0.15, -0.1) is 11.3 Å². The van der Waals surface area contributed by atoms with Crippen LogP contribution in [0.3, 0.4) is 0 Å². The van der Waals surface area contributed by atoms with Gasteiger partial charge in [-0.25, -0.2) is 9.78 Å². The van der Waals surface area contributed by atoms with Crippen LogP contribution in [0.25, 0.3) is 0 Å². The van der Waals surface area contributed by atoms with E-state index in [0.717, 1.165) is 11.3 Å². The van der Waals surface area contributed by atoms with Gasteiger partial charge in [-0.3, -0.25) is 0 Å². The lowest BCUT2D eigenvalue weighted by molar-refractivity contribution is 0.0533. The first-order valence-corrected chi connectivity index (χ1v) is 3.86. The number of nitrogens with two attached hydrogens (primary N) is 1. The number of thiazole rings is 1. The van der Waals surface area contributed by atoms with Gasteiger partial charge in [0.05, 0.1) is 13.5 Å². The second kappa shape index (κ2) is 3.34. The van der Waals surface area contributed by atoms with Crippen molar-refractivity contribution in [3.05, 3.63) is 10.4 Å². The number of anilines is 1. The van der Waals surface area contributed by atoms with Gasteiger partial charge in [-0.2, -0.15) is 0 Å². The summed E-state index contributed by atoms with van der Waals surface area (Å²) in [6, 6.07) is 0. The quantitative estimate of drug-likeness (QED) is 0.675. The molecule has 0 aliphatic rings. The third-order valence-corrected chi connectivity index (χ3v) is 1.77. The molecule has 0 aromatic carbocycles. The summed E-state index contributed by atoms with van der Waals surface area (Å²) in [6.45, 7) is 2.00. The number of ether oxygens (including phenoxy) is 1. The molecule has 0 bridgehead atoms. The molecule has 4 nitrogen and oxygen atoms in total. The van der Waals surface area contributed by atoms with Crippen LogP contribution in [0.5, 0.6) is 0 Å². The molecule has 0 amide bonds. The fraction of sp³-hybridized carbons (Fsp3) is 0.333. The lowest BCUT2D eigenvalue weighted by Gasteiger charge is -1.97. The van der Waals surface area contributed by atoms with Crippen LogP contribution < -0.4 is 5.73 Å².